The van der Waals surface area contributed by atoms with Gasteiger partial charge >= 0.3 is 5.97 Å². The number of hydrogen-bond acceptors (Lipinski definition) is 9. The summed E-state index contributed by atoms with van der Waals surface area (Å²) in [7, 11) is -2.38. The zero-order valence-corrected chi connectivity index (χ0v) is 34.0. The van der Waals surface area contributed by atoms with Crippen LogP contribution >= 0.6 is 7.37 Å². The molecule has 2 aromatic carbocycles. The molecule has 2 aliphatic carbocycles. The molecule has 1 N–H and O–H groups in total. The molecule has 0 bridgehead atoms. The van der Waals surface area contributed by atoms with Crippen LogP contribution in [0.1, 0.15) is 89.2 Å². The van der Waals surface area contributed by atoms with E-state index >= 15 is 0 Å². The van der Waals surface area contributed by atoms with Crippen molar-refractivity contribution in [3.05, 3.63) is 90.9 Å². The third-order valence-electron chi connectivity index (χ3n) is 12.6. The van der Waals surface area contributed by atoms with Crippen molar-refractivity contribution in [1.82, 2.24) is 9.88 Å². The van der Waals surface area contributed by atoms with Crippen molar-refractivity contribution < 1.29 is 42.5 Å². The number of carbonyl (C=O) groups excluding carboxylic acids is 3. The highest BCUT2D eigenvalue weighted by Crippen LogP contribution is 2.74. The molecule has 0 radical (unpaired) electrons. The second-order valence-electron chi connectivity index (χ2n) is 16.6. The summed E-state index contributed by atoms with van der Waals surface area (Å²) < 4.78 is 38.1. The Labute approximate surface area is 339 Å². The molecule has 2 aliphatic heterocycles. The minimum Gasteiger partial charge on any atom is -0.497 e. The summed E-state index contributed by atoms with van der Waals surface area (Å²) >= 11 is 0. The van der Waals surface area contributed by atoms with Gasteiger partial charge in [-0.2, -0.15) is 0 Å². The first-order chi connectivity index (χ1) is 28.1. The van der Waals surface area contributed by atoms with Crippen molar-refractivity contribution in [3.8, 4) is 22.8 Å². The molecule has 306 valence electrons. The van der Waals surface area contributed by atoms with Gasteiger partial charge in [-0.3, -0.25) is 18.9 Å². The zero-order valence-electron chi connectivity index (χ0n) is 33.1. The third kappa shape index (κ3) is 8.67. The first kappa shape index (κ1) is 40.1. The van der Waals surface area contributed by atoms with Gasteiger partial charge in [0.1, 0.15) is 29.5 Å². The second-order valence-corrected chi connectivity index (χ2v) is 19.2. The predicted octanol–water partition coefficient (Wildman–Crippen LogP) is 9.05. The summed E-state index contributed by atoms with van der Waals surface area (Å²) in [4.78, 5) is 61.3. The Morgan fingerprint density at radius 1 is 0.983 bits per heavy atom. The molecule has 6 atom stereocenters. The van der Waals surface area contributed by atoms with E-state index in [9.17, 15) is 23.8 Å². The molecule has 4 aromatic rings. The van der Waals surface area contributed by atoms with Gasteiger partial charge in [-0.05, 0) is 81.5 Å². The van der Waals surface area contributed by atoms with E-state index in [0.29, 0.717) is 41.3 Å². The third-order valence-corrected chi connectivity index (χ3v) is 15.4. The van der Waals surface area contributed by atoms with E-state index in [-0.39, 0.29) is 61.7 Å². The van der Waals surface area contributed by atoms with E-state index in [0.717, 1.165) is 62.3 Å². The lowest BCUT2D eigenvalue weighted by Gasteiger charge is -2.30. The van der Waals surface area contributed by atoms with E-state index in [1.807, 2.05) is 60.7 Å². The first-order valence-corrected chi connectivity index (χ1v) is 22.7. The molecule has 1 amide bonds. The SMILES string of the molecule is COc1ccc2c(O[C@@H]3C[C@H]4C(=O)C[C@]5(P(=O)(O)Cc6ccco6)C[C@@H]5/C=C\CCCCC[C@H](CC(=O)OC5CCCC5)C(=O)N4C3)cc(-c3ccccc3)nc2c1. The number of ketones is 1. The number of pyridine rings is 1. The van der Waals surface area contributed by atoms with Gasteiger partial charge in [0, 0.05) is 41.8 Å². The van der Waals surface area contributed by atoms with Crippen LogP contribution in [0.2, 0.25) is 0 Å². The summed E-state index contributed by atoms with van der Waals surface area (Å²) in [5.74, 6) is -0.266. The largest absolute Gasteiger partial charge is 0.497 e. The molecule has 2 aromatic heterocycles. The van der Waals surface area contributed by atoms with Crippen LogP contribution < -0.4 is 9.47 Å². The molecule has 0 spiro atoms. The molecule has 4 heterocycles. The number of furan rings is 1. The number of ether oxygens (including phenoxy) is 3. The van der Waals surface area contributed by atoms with E-state index in [1.54, 1.807) is 24.1 Å². The van der Waals surface area contributed by atoms with Gasteiger partial charge in [0.15, 0.2) is 5.78 Å². The van der Waals surface area contributed by atoms with Crippen molar-refractivity contribution in [1.29, 1.82) is 0 Å². The molecule has 2 saturated carbocycles. The van der Waals surface area contributed by atoms with Crippen molar-refractivity contribution in [2.24, 2.45) is 11.8 Å². The van der Waals surface area contributed by atoms with Gasteiger partial charge in [0.2, 0.25) is 13.3 Å². The number of Topliss-reactive ketones (excluding diaryl/α,β-unsaturated/α-hetero) is 1. The van der Waals surface area contributed by atoms with Gasteiger partial charge in [-0.25, -0.2) is 4.98 Å². The smallest absolute Gasteiger partial charge is 0.306 e. The number of hydrogen-bond donors (Lipinski definition) is 1. The van der Waals surface area contributed by atoms with E-state index in [4.69, 9.17) is 23.6 Å². The van der Waals surface area contributed by atoms with E-state index in [2.05, 4.69) is 6.08 Å². The number of amides is 1. The Hall–Kier alpha value is -4.73. The van der Waals surface area contributed by atoms with Gasteiger partial charge in [0.25, 0.3) is 0 Å². The number of fused-ring (bicyclic) bond motifs is 3. The number of esters is 1. The Balaban J connectivity index is 1.13. The maximum atomic E-state index is 14.8. The average molecular weight is 809 g/mol. The Morgan fingerprint density at radius 3 is 2.57 bits per heavy atom. The fraction of sp³-hybridized carbons (Fsp3) is 0.478. The maximum Gasteiger partial charge on any atom is 0.306 e. The molecule has 58 heavy (non-hydrogen) atoms. The normalized spacial score (nSPS) is 27.2. The lowest BCUT2D eigenvalue weighted by Crippen LogP contribution is -2.45. The number of methoxy groups -OCH3 is 1. The van der Waals surface area contributed by atoms with Crippen LogP contribution in [0.5, 0.6) is 11.5 Å². The topological polar surface area (TPSA) is 145 Å². The summed E-state index contributed by atoms with van der Waals surface area (Å²) in [5.41, 5.74) is 2.26. The molecule has 1 saturated heterocycles. The van der Waals surface area contributed by atoms with Crippen molar-refractivity contribution in [2.45, 2.75) is 113 Å². The fourth-order valence-electron chi connectivity index (χ4n) is 9.34. The van der Waals surface area contributed by atoms with Crippen LogP contribution in [0.4, 0.5) is 0 Å². The minimum absolute atomic E-state index is 0.0591. The van der Waals surface area contributed by atoms with Crippen LogP contribution in [0.15, 0.2) is 89.6 Å². The minimum atomic E-state index is -3.98. The Bertz CT molecular complexity index is 2180. The summed E-state index contributed by atoms with van der Waals surface area (Å²) in [6.45, 7) is 0.115. The highest BCUT2D eigenvalue weighted by Gasteiger charge is 2.65. The van der Waals surface area contributed by atoms with Crippen molar-refractivity contribution in [3.63, 3.8) is 0 Å². The first-order valence-electron chi connectivity index (χ1n) is 20.9. The van der Waals surface area contributed by atoms with Gasteiger partial charge < -0.3 is 28.4 Å². The summed E-state index contributed by atoms with van der Waals surface area (Å²) in [6.07, 6.45) is 12.5. The lowest BCUT2D eigenvalue weighted by atomic mass is 9.94. The number of nitrogens with zero attached hydrogens (tertiary/aromatic N) is 2. The highest BCUT2D eigenvalue weighted by atomic mass is 31.2. The number of aromatic nitrogens is 1. The van der Waals surface area contributed by atoms with Gasteiger partial charge in [-0.15, -0.1) is 0 Å². The Morgan fingerprint density at radius 2 is 1.79 bits per heavy atom. The molecule has 8 rings (SSSR count). The maximum absolute atomic E-state index is 14.8. The van der Waals surface area contributed by atoms with Crippen LogP contribution in [0.25, 0.3) is 22.2 Å². The van der Waals surface area contributed by atoms with Crippen LogP contribution in [-0.4, -0.2) is 69.5 Å². The Kier molecular flexibility index (Phi) is 11.9. The molecule has 11 nitrogen and oxygen atoms in total. The summed E-state index contributed by atoms with van der Waals surface area (Å²) in [5, 5.41) is -0.419. The molecule has 12 heteroatoms. The number of rotatable bonds is 10. The standard InChI is InChI=1S/C46H53N2O9P/c1-54-35-20-21-38-40(24-35)47-39(31-13-7-5-8-14-31)26-43(38)56-37-25-41-42(49)28-46(58(52,53)30-36-19-12-22-55-36)27-33(46)16-9-4-2-3-6-15-32(45(51)48(41)29-37)23-44(50)57-34-17-10-11-18-34/h5,7-9,12-14,16,19-22,24,26,32-34,37,41H,2-4,6,10-11,15,17-18,23,25,27-30H2,1H3,(H,52,53)/b16-9-/t32-,33+,37-,41+,46-/m1/s1. The van der Waals surface area contributed by atoms with Crippen molar-refractivity contribution >= 4 is 35.9 Å². The van der Waals surface area contributed by atoms with Crippen LogP contribution in [0, 0.1) is 11.8 Å². The van der Waals surface area contributed by atoms with Gasteiger partial charge in [-0.1, -0.05) is 55.3 Å². The fourth-order valence-corrected chi connectivity index (χ4v) is 11.7. The van der Waals surface area contributed by atoms with Crippen LogP contribution in [-0.2, 0) is 29.8 Å². The number of carbonyl (C=O) groups is 3. The lowest BCUT2D eigenvalue weighted by molar-refractivity contribution is -0.154. The number of benzene rings is 2. The zero-order chi connectivity index (χ0) is 40.3. The van der Waals surface area contributed by atoms with E-state index < -0.39 is 30.6 Å². The quantitative estimate of drug-likeness (QED) is 0.0936. The second kappa shape index (κ2) is 17.2. The van der Waals surface area contributed by atoms with Crippen LogP contribution in [0.3, 0.4) is 0 Å². The molecule has 4 aliphatic rings. The number of allylic oxidation sites excluding steroid dienone is 2. The van der Waals surface area contributed by atoms with Crippen molar-refractivity contribution in [2.75, 3.05) is 13.7 Å². The van der Waals surface area contributed by atoms with E-state index in [1.165, 1.54) is 6.26 Å². The van der Waals surface area contributed by atoms with Gasteiger partial charge in [0.05, 0.1) is 54.9 Å². The monoisotopic (exact) mass is 808 g/mol. The highest BCUT2D eigenvalue weighted by molar-refractivity contribution is 7.59. The average Bonchev–Trinajstić information content (AvgIpc) is 3.68. The molecule has 3 fully saturated rings. The predicted molar refractivity (Wildman–Crippen MR) is 220 cm³/mol. The molecular weight excluding hydrogens is 755 g/mol. The summed E-state index contributed by atoms with van der Waals surface area (Å²) in [6, 6.07) is 19.7. The molecular formula is C46H53N2O9P. The molecule has 1 unspecified atom stereocenters.